The summed E-state index contributed by atoms with van der Waals surface area (Å²) >= 11 is 9.45. The van der Waals surface area contributed by atoms with E-state index in [-0.39, 0.29) is 0 Å². The Labute approximate surface area is 94.6 Å². The maximum absolute atomic E-state index is 10.9. The molecule has 0 atom stereocenters. The minimum atomic E-state index is 0.474. The van der Waals surface area contributed by atoms with Gasteiger partial charge in [0.25, 0.3) is 0 Å². The van der Waals surface area contributed by atoms with E-state index in [0.717, 1.165) is 21.7 Å². The fraction of sp³-hybridized carbons (Fsp3) is 0.100. The molecule has 2 nitrogen and oxygen atoms in total. The smallest absolute Gasteiger partial charge is 0.153 e. The van der Waals surface area contributed by atoms with Crippen LogP contribution in [0, 0.1) is 0 Å². The number of hydrogen-bond donors (Lipinski definition) is 0. The van der Waals surface area contributed by atoms with Gasteiger partial charge in [0.05, 0.1) is 11.1 Å². The number of benzene rings is 1. The molecule has 0 spiro atoms. The monoisotopic (exact) mass is 271 g/mol. The van der Waals surface area contributed by atoms with E-state index in [1.54, 1.807) is 4.57 Å². The van der Waals surface area contributed by atoms with Crippen molar-refractivity contribution in [3.8, 4) is 0 Å². The van der Waals surface area contributed by atoms with Crippen LogP contribution >= 0.6 is 27.5 Å². The molecular weight excluding hydrogens is 265 g/mol. The van der Waals surface area contributed by atoms with Gasteiger partial charge in [-0.1, -0.05) is 23.7 Å². The minimum absolute atomic E-state index is 0.474. The second-order valence-corrected chi connectivity index (χ2v) is 4.23. The van der Waals surface area contributed by atoms with E-state index in [1.807, 2.05) is 25.2 Å². The molecule has 0 amide bonds. The fourth-order valence-electron chi connectivity index (χ4n) is 1.58. The molecule has 0 aliphatic heterocycles. The maximum atomic E-state index is 10.9. The number of aldehydes is 1. The van der Waals surface area contributed by atoms with E-state index >= 15 is 0 Å². The lowest BCUT2D eigenvalue weighted by molar-refractivity contribution is 0.112. The second-order valence-electron chi connectivity index (χ2n) is 3.02. The van der Waals surface area contributed by atoms with Crippen molar-refractivity contribution in [3.05, 3.63) is 33.4 Å². The molecule has 0 unspecified atom stereocenters. The quantitative estimate of drug-likeness (QED) is 0.729. The third kappa shape index (κ3) is 1.20. The Morgan fingerprint density at radius 1 is 1.50 bits per heavy atom. The highest BCUT2D eigenvalue weighted by Crippen LogP contribution is 2.32. The van der Waals surface area contributed by atoms with Gasteiger partial charge in [-0.3, -0.25) is 4.79 Å². The van der Waals surface area contributed by atoms with Crippen molar-refractivity contribution in [1.29, 1.82) is 0 Å². The van der Waals surface area contributed by atoms with Crippen LogP contribution in [0.2, 0.25) is 5.15 Å². The molecule has 0 radical (unpaired) electrons. The number of carbonyl (C=O) groups excluding carboxylic acids is 1. The Kier molecular flexibility index (Phi) is 2.37. The first kappa shape index (κ1) is 9.74. The average molecular weight is 273 g/mol. The van der Waals surface area contributed by atoms with Crippen molar-refractivity contribution in [1.82, 2.24) is 4.57 Å². The van der Waals surface area contributed by atoms with E-state index in [9.17, 15) is 4.79 Å². The molecule has 0 saturated heterocycles. The summed E-state index contributed by atoms with van der Waals surface area (Å²) < 4.78 is 2.73. The van der Waals surface area contributed by atoms with E-state index in [2.05, 4.69) is 15.9 Å². The zero-order chi connectivity index (χ0) is 10.3. The van der Waals surface area contributed by atoms with Crippen LogP contribution in [0.3, 0.4) is 0 Å². The topological polar surface area (TPSA) is 22.0 Å². The number of para-hydroxylation sites is 1. The van der Waals surface area contributed by atoms with Gasteiger partial charge in [0, 0.05) is 16.9 Å². The van der Waals surface area contributed by atoms with Gasteiger partial charge >= 0.3 is 0 Å². The van der Waals surface area contributed by atoms with E-state index in [0.29, 0.717) is 10.7 Å². The summed E-state index contributed by atoms with van der Waals surface area (Å²) in [6.07, 6.45) is 0.789. The highest BCUT2D eigenvalue weighted by atomic mass is 79.9. The van der Waals surface area contributed by atoms with Gasteiger partial charge in [-0.15, -0.1) is 0 Å². The van der Waals surface area contributed by atoms with Crippen LogP contribution in [0.5, 0.6) is 0 Å². The van der Waals surface area contributed by atoms with Crippen LogP contribution in [0.15, 0.2) is 22.7 Å². The molecule has 1 heterocycles. The third-order valence-electron chi connectivity index (χ3n) is 2.25. The predicted molar refractivity (Wildman–Crippen MR) is 61.0 cm³/mol. The highest BCUT2D eigenvalue weighted by molar-refractivity contribution is 9.10. The molecule has 14 heavy (non-hydrogen) atoms. The van der Waals surface area contributed by atoms with Crippen LogP contribution in [0.1, 0.15) is 10.4 Å². The van der Waals surface area contributed by atoms with Crippen LogP contribution < -0.4 is 0 Å². The van der Waals surface area contributed by atoms with Gasteiger partial charge < -0.3 is 4.57 Å². The van der Waals surface area contributed by atoms with E-state index < -0.39 is 0 Å². The summed E-state index contributed by atoms with van der Waals surface area (Å²) in [4.78, 5) is 10.9. The van der Waals surface area contributed by atoms with Crippen LogP contribution in [0.25, 0.3) is 10.9 Å². The zero-order valence-electron chi connectivity index (χ0n) is 7.42. The molecule has 4 heteroatoms. The minimum Gasteiger partial charge on any atom is -0.333 e. The van der Waals surface area contributed by atoms with Gasteiger partial charge in [-0.2, -0.15) is 0 Å². The standard InChI is InChI=1S/C10H7BrClNO/c1-13-9-6(3-2-4-8(9)11)7(5-14)10(13)12/h2-5H,1H3. The van der Waals surface area contributed by atoms with Gasteiger partial charge in [0.2, 0.25) is 0 Å². The Balaban J connectivity index is 3.02. The van der Waals surface area contributed by atoms with Crippen LogP contribution in [0.4, 0.5) is 0 Å². The Hall–Kier alpha value is -0.800. The van der Waals surface area contributed by atoms with Crippen molar-refractivity contribution >= 4 is 44.7 Å². The molecule has 72 valence electrons. The third-order valence-corrected chi connectivity index (χ3v) is 3.34. The van der Waals surface area contributed by atoms with Crippen molar-refractivity contribution in [2.24, 2.45) is 7.05 Å². The SMILES string of the molecule is Cn1c(Cl)c(C=O)c2cccc(Br)c21. The van der Waals surface area contributed by atoms with Gasteiger partial charge in [0.15, 0.2) is 6.29 Å². The number of aryl methyl sites for hydroxylation is 1. The molecule has 2 rings (SSSR count). The predicted octanol–water partition coefficient (Wildman–Crippen LogP) is 3.41. The molecular formula is C10H7BrClNO. The number of hydrogen-bond acceptors (Lipinski definition) is 1. The number of fused-ring (bicyclic) bond motifs is 1. The molecule has 1 aromatic heterocycles. The van der Waals surface area contributed by atoms with Crippen molar-refractivity contribution < 1.29 is 4.79 Å². The highest BCUT2D eigenvalue weighted by Gasteiger charge is 2.13. The summed E-state index contributed by atoms with van der Waals surface area (Å²) in [5.74, 6) is 0. The lowest BCUT2D eigenvalue weighted by Gasteiger charge is -1.98. The molecule has 0 aliphatic rings. The normalized spacial score (nSPS) is 10.8. The summed E-state index contributed by atoms with van der Waals surface area (Å²) in [6, 6.07) is 5.69. The molecule has 0 N–H and O–H groups in total. The molecule has 1 aromatic carbocycles. The number of carbonyl (C=O) groups is 1. The van der Waals surface area contributed by atoms with Crippen LogP contribution in [-0.4, -0.2) is 10.9 Å². The number of aromatic nitrogens is 1. The largest absolute Gasteiger partial charge is 0.333 e. The van der Waals surface area contributed by atoms with Crippen molar-refractivity contribution in [2.75, 3.05) is 0 Å². The number of halogens is 2. The number of rotatable bonds is 1. The van der Waals surface area contributed by atoms with Gasteiger partial charge in [-0.05, 0) is 22.0 Å². The Morgan fingerprint density at radius 3 is 2.86 bits per heavy atom. The lowest BCUT2D eigenvalue weighted by Crippen LogP contribution is -1.87. The van der Waals surface area contributed by atoms with Crippen molar-refractivity contribution in [3.63, 3.8) is 0 Å². The van der Waals surface area contributed by atoms with Gasteiger partial charge in [0.1, 0.15) is 5.15 Å². The van der Waals surface area contributed by atoms with Gasteiger partial charge in [-0.25, -0.2) is 0 Å². The first-order valence-corrected chi connectivity index (χ1v) is 5.21. The summed E-state index contributed by atoms with van der Waals surface area (Å²) in [6.45, 7) is 0. The van der Waals surface area contributed by atoms with E-state index in [4.69, 9.17) is 11.6 Å². The zero-order valence-corrected chi connectivity index (χ0v) is 9.76. The molecule has 2 aromatic rings. The maximum Gasteiger partial charge on any atom is 0.153 e. The lowest BCUT2D eigenvalue weighted by atomic mass is 10.2. The fourth-order valence-corrected chi connectivity index (χ4v) is 2.44. The first-order chi connectivity index (χ1) is 6.66. The summed E-state index contributed by atoms with van der Waals surface area (Å²) in [7, 11) is 1.84. The van der Waals surface area contributed by atoms with Crippen LogP contribution in [-0.2, 0) is 7.05 Å². The number of nitrogens with zero attached hydrogens (tertiary/aromatic N) is 1. The summed E-state index contributed by atoms with van der Waals surface area (Å²) in [5, 5.41) is 1.35. The second kappa shape index (κ2) is 3.41. The molecule has 0 bridgehead atoms. The molecule has 0 aliphatic carbocycles. The molecule has 0 fully saturated rings. The Morgan fingerprint density at radius 2 is 2.21 bits per heavy atom. The Bertz CT molecular complexity index is 518. The van der Waals surface area contributed by atoms with Crippen molar-refractivity contribution in [2.45, 2.75) is 0 Å². The summed E-state index contributed by atoms with van der Waals surface area (Å²) in [5.41, 5.74) is 1.49. The molecule has 0 saturated carbocycles. The van der Waals surface area contributed by atoms with E-state index in [1.165, 1.54) is 0 Å². The average Bonchev–Trinajstić information content (AvgIpc) is 2.41. The first-order valence-electron chi connectivity index (χ1n) is 4.04.